The fourth-order valence-electron chi connectivity index (χ4n) is 2.38. The van der Waals surface area contributed by atoms with Gasteiger partial charge in [0.25, 0.3) is 5.91 Å². The highest BCUT2D eigenvalue weighted by molar-refractivity contribution is 7.89. The number of sulfonamides is 1. The van der Waals surface area contributed by atoms with Crippen LogP contribution in [0.2, 0.25) is 5.02 Å². The van der Waals surface area contributed by atoms with Gasteiger partial charge in [-0.25, -0.2) is 13.6 Å². The number of rotatable bonds is 4. The Bertz CT molecular complexity index is 688. The average Bonchev–Trinajstić information content (AvgIpc) is 3.05. The van der Waals surface area contributed by atoms with Crippen LogP contribution in [0.5, 0.6) is 0 Å². The molecule has 1 saturated carbocycles. The number of hydrogen-bond donors (Lipinski definition) is 1. The van der Waals surface area contributed by atoms with E-state index in [9.17, 15) is 13.2 Å². The van der Waals surface area contributed by atoms with E-state index in [1.54, 1.807) is 24.9 Å². The third-order valence-electron chi connectivity index (χ3n) is 3.91. The molecule has 1 aliphatic carbocycles. The second-order valence-electron chi connectivity index (χ2n) is 5.81. The molecule has 0 heterocycles. The van der Waals surface area contributed by atoms with Gasteiger partial charge in [-0.05, 0) is 42.9 Å². The number of primary sulfonamides is 1. The standard InChI is InChI=1S/C14H19ClN2O3S/c1-8-4-11(8)7-17(3)14(18)10-5-9(2)13(15)12(6-10)21(16,19)20/h5-6,8,11H,4,7H2,1-3H3,(H2,16,19,20). The minimum atomic E-state index is -3.96. The second-order valence-corrected chi connectivity index (χ2v) is 7.72. The molecule has 21 heavy (non-hydrogen) atoms. The van der Waals surface area contributed by atoms with Gasteiger partial charge in [0.05, 0.1) is 5.02 Å². The Hall–Kier alpha value is -1.11. The van der Waals surface area contributed by atoms with Crippen molar-refractivity contribution in [1.82, 2.24) is 4.90 Å². The zero-order valence-corrected chi connectivity index (χ0v) is 13.8. The van der Waals surface area contributed by atoms with Crippen molar-refractivity contribution in [1.29, 1.82) is 0 Å². The molecule has 0 aliphatic heterocycles. The molecule has 7 heteroatoms. The molecule has 2 N–H and O–H groups in total. The van der Waals surface area contributed by atoms with Crippen LogP contribution in [0.3, 0.4) is 0 Å². The maximum absolute atomic E-state index is 12.4. The molecule has 0 aromatic heterocycles. The molecule has 116 valence electrons. The van der Waals surface area contributed by atoms with Gasteiger partial charge in [-0.2, -0.15) is 0 Å². The van der Waals surface area contributed by atoms with E-state index in [1.165, 1.54) is 6.07 Å². The van der Waals surface area contributed by atoms with Gasteiger partial charge >= 0.3 is 0 Å². The largest absolute Gasteiger partial charge is 0.341 e. The fraction of sp³-hybridized carbons (Fsp3) is 0.500. The van der Waals surface area contributed by atoms with Gasteiger partial charge in [-0.15, -0.1) is 0 Å². The van der Waals surface area contributed by atoms with Crippen LogP contribution in [0.25, 0.3) is 0 Å². The van der Waals surface area contributed by atoms with Gasteiger partial charge in [-0.1, -0.05) is 18.5 Å². The van der Waals surface area contributed by atoms with Gasteiger partial charge in [0.1, 0.15) is 4.90 Å². The number of halogens is 1. The Balaban J connectivity index is 2.31. The van der Waals surface area contributed by atoms with E-state index >= 15 is 0 Å². The van der Waals surface area contributed by atoms with Crippen molar-refractivity contribution in [2.24, 2.45) is 17.0 Å². The molecule has 0 bridgehead atoms. The van der Waals surface area contributed by atoms with E-state index in [-0.39, 0.29) is 21.4 Å². The Morgan fingerprint density at radius 3 is 2.52 bits per heavy atom. The number of benzene rings is 1. The summed E-state index contributed by atoms with van der Waals surface area (Å²) in [5.41, 5.74) is 0.802. The second kappa shape index (κ2) is 5.59. The molecule has 2 unspecified atom stereocenters. The van der Waals surface area contributed by atoms with Gasteiger partial charge in [0.2, 0.25) is 10.0 Å². The molecule has 1 aromatic carbocycles. The smallest absolute Gasteiger partial charge is 0.253 e. The molecule has 0 radical (unpaired) electrons. The predicted molar refractivity (Wildman–Crippen MR) is 81.8 cm³/mol. The lowest BCUT2D eigenvalue weighted by atomic mass is 10.1. The van der Waals surface area contributed by atoms with Crippen molar-refractivity contribution in [3.63, 3.8) is 0 Å². The third kappa shape index (κ3) is 3.56. The van der Waals surface area contributed by atoms with Crippen LogP contribution in [-0.4, -0.2) is 32.8 Å². The van der Waals surface area contributed by atoms with Crippen molar-refractivity contribution in [2.75, 3.05) is 13.6 Å². The van der Waals surface area contributed by atoms with E-state index < -0.39 is 10.0 Å². The molecule has 1 aliphatic rings. The topological polar surface area (TPSA) is 80.5 Å². The number of nitrogens with zero attached hydrogens (tertiary/aromatic N) is 1. The monoisotopic (exact) mass is 330 g/mol. The minimum Gasteiger partial charge on any atom is -0.341 e. The van der Waals surface area contributed by atoms with Gasteiger partial charge < -0.3 is 4.90 Å². The maximum atomic E-state index is 12.4. The van der Waals surface area contributed by atoms with E-state index in [1.807, 2.05) is 0 Å². The molecule has 1 aromatic rings. The number of aryl methyl sites for hydroxylation is 1. The quantitative estimate of drug-likeness (QED) is 0.917. The summed E-state index contributed by atoms with van der Waals surface area (Å²) in [6.45, 7) is 4.47. The highest BCUT2D eigenvalue weighted by Crippen LogP contribution is 2.38. The molecular weight excluding hydrogens is 312 g/mol. The summed E-state index contributed by atoms with van der Waals surface area (Å²) in [4.78, 5) is 13.8. The van der Waals surface area contributed by atoms with Crippen molar-refractivity contribution in [3.8, 4) is 0 Å². The number of nitrogens with two attached hydrogens (primary N) is 1. The lowest BCUT2D eigenvalue weighted by Crippen LogP contribution is -2.29. The minimum absolute atomic E-state index is 0.0625. The molecule has 5 nitrogen and oxygen atoms in total. The lowest BCUT2D eigenvalue weighted by molar-refractivity contribution is 0.0786. The Kier molecular flexibility index (Phi) is 4.33. The predicted octanol–water partition coefficient (Wildman–Crippen LogP) is 2.02. The van der Waals surface area contributed by atoms with E-state index in [2.05, 4.69) is 6.92 Å². The fourth-order valence-corrected chi connectivity index (χ4v) is 3.51. The van der Waals surface area contributed by atoms with E-state index in [0.717, 1.165) is 6.42 Å². The van der Waals surface area contributed by atoms with Crippen LogP contribution < -0.4 is 5.14 Å². The average molecular weight is 331 g/mol. The van der Waals surface area contributed by atoms with E-state index in [4.69, 9.17) is 16.7 Å². The normalized spacial score (nSPS) is 21.2. The van der Waals surface area contributed by atoms with Crippen molar-refractivity contribution in [2.45, 2.75) is 25.2 Å². The van der Waals surface area contributed by atoms with Crippen LogP contribution in [0, 0.1) is 18.8 Å². The van der Waals surface area contributed by atoms with Crippen LogP contribution in [-0.2, 0) is 10.0 Å². The van der Waals surface area contributed by atoms with Crippen LogP contribution in [0.15, 0.2) is 17.0 Å². The van der Waals surface area contributed by atoms with Gasteiger partial charge in [0.15, 0.2) is 0 Å². The van der Waals surface area contributed by atoms with Crippen molar-refractivity contribution in [3.05, 3.63) is 28.3 Å². The molecular formula is C14H19ClN2O3S. The molecule has 0 saturated heterocycles. The molecule has 2 atom stereocenters. The summed E-state index contributed by atoms with van der Waals surface area (Å²) >= 11 is 5.96. The summed E-state index contributed by atoms with van der Waals surface area (Å²) < 4.78 is 23.1. The van der Waals surface area contributed by atoms with E-state index in [0.29, 0.717) is 23.9 Å². The Morgan fingerprint density at radius 2 is 2.05 bits per heavy atom. The van der Waals surface area contributed by atoms with Crippen molar-refractivity contribution < 1.29 is 13.2 Å². The number of amides is 1. The van der Waals surface area contributed by atoms with Crippen LogP contribution in [0.1, 0.15) is 29.3 Å². The number of hydrogen-bond acceptors (Lipinski definition) is 3. The molecule has 1 amide bonds. The molecule has 1 fully saturated rings. The van der Waals surface area contributed by atoms with Crippen LogP contribution in [0.4, 0.5) is 0 Å². The summed E-state index contributed by atoms with van der Waals surface area (Å²) in [5.74, 6) is 0.955. The van der Waals surface area contributed by atoms with Crippen LogP contribution >= 0.6 is 11.6 Å². The molecule has 0 spiro atoms. The third-order valence-corrected chi connectivity index (χ3v) is 5.45. The first-order chi connectivity index (χ1) is 9.61. The summed E-state index contributed by atoms with van der Waals surface area (Å²) in [6, 6.07) is 2.84. The zero-order valence-electron chi connectivity index (χ0n) is 12.3. The first-order valence-electron chi connectivity index (χ1n) is 6.69. The lowest BCUT2D eigenvalue weighted by Gasteiger charge is -2.18. The highest BCUT2D eigenvalue weighted by atomic mass is 35.5. The maximum Gasteiger partial charge on any atom is 0.253 e. The summed E-state index contributed by atoms with van der Waals surface area (Å²) in [6.07, 6.45) is 1.12. The number of carbonyl (C=O) groups is 1. The summed E-state index contributed by atoms with van der Waals surface area (Å²) in [7, 11) is -2.24. The van der Waals surface area contributed by atoms with Gasteiger partial charge in [-0.3, -0.25) is 4.79 Å². The highest BCUT2D eigenvalue weighted by Gasteiger charge is 2.34. The SMILES string of the molecule is Cc1cc(C(=O)N(C)CC2CC2C)cc(S(N)(=O)=O)c1Cl. The molecule has 2 rings (SSSR count). The van der Waals surface area contributed by atoms with Gasteiger partial charge in [0, 0.05) is 19.2 Å². The Morgan fingerprint density at radius 1 is 1.48 bits per heavy atom. The zero-order chi connectivity index (χ0) is 15.9. The number of carbonyl (C=O) groups excluding carboxylic acids is 1. The first-order valence-corrected chi connectivity index (χ1v) is 8.62. The van der Waals surface area contributed by atoms with Crippen molar-refractivity contribution >= 4 is 27.5 Å². The Labute approximate surface area is 130 Å². The summed E-state index contributed by atoms with van der Waals surface area (Å²) in [5, 5.41) is 5.21. The first kappa shape index (κ1) is 16.3.